The van der Waals surface area contributed by atoms with Crippen molar-refractivity contribution >= 4 is 11.7 Å². The molecule has 1 aromatic carbocycles. The first-order valence-corrected chi connectivity index (χ1v) is 8.84. The van der Waals surface area contributed by atoms with E-state index < -0.39 is 0 Å². The Labute approximate surface area is 147 Å². The first-order chi connectivity index (χ1) is 12.2. The third-order valence-corrected chi connectivity index (χ3v) is 4.50. The molecule has 0 radical (unpaired) electrons. The quantitative estimate of drug-likeness (QED) is 0.845. The van der Waals surface area contributed by atoms with Gasteiger partial charge in [-0.1, -0.05) is 37.5 Å². The highest BCUT2D eigenvalue weighted by Crippen LogP contribution is 2.17. The van der Waals surface area contributed by atoms with E-state index in [-0.39, 0.29) is 17.8 Å². The van der Waals surface area contributed by atoms with Crippen molar-refractivity contribution in [2.45, 2.75) is 44.6 Å². The van der Waals surface area contributed by atoms with Crippen LogP contribution in [0.3, 0.4) is 0 Å². The van der Waals surface area contributed by atoms with E-state index in [9.17, 15) is 9.18 Å². The maximum Gasteiger partial charge on any atom is 0.272 e. The van der Waals surface area contributed by atoms with Crippen LogP contribution in [0.4, 0.5) is 10.2 Å². The minimum Gasteiger partial charge on any atom is -0.368 e. The summed E-state index contributed by atoms with van der Waals surface area (Å²) in [5, 5.41) is 14.1. The number of hydrogen-bond acceptors (Lipinski definition) is 4. The highest BCUT2D eigenvalue weighted by Gasteiger charge is 2.17. The number of aromatic nitrogens is 2. The SMILES string of the molecule is O=C(NC1CCCCC1)c1ccc(NCCc2ccccc2F)nn1. The van der Waals surface area contributed by atoms with Gasteiger partial charge in [-0.05, 0) is 43.0 Å². The molecule has 0 spiro atoms. The maximum absolute atomic E-state index is 13.5. The van der Waals surface area contributed by atoms with E-state index >= 15 is 0 Å². The fourth-order valence-corrected chi connectivity index (χ4v) is 3.08. The predicted molar refractivity (Wildman–Crippen MR) is 95.0 cm³/mol. The number of rotatable bonds is 6. The van der Waals surface area contributed by atoms with Crippen LogP contribution in [-0.4, -0.2) is 28.7 Å². The third-order valence-electron chi connectivity index (χ3n) is 4.50. The van der Waals surface area contributed by atoms with Crippen molar-refractivity contribution in [1.82, 2.24) is 15.5 Å². The molecule has 0 bridgehead atoms. The zero-order chi connectivity index (χ0) is 17.5. The van der Waals surface area contributed by atoms with Crippen LogP contribution in [0.15, 0.2) is 36.4 Å². The normalized spacial score (nSPS) is 14.9. The van der Waals surface area contributed by atoms with Crippen LogP contribution in [0.1, 0.15) is 48.2 Å². The summed E-state index contributed by atoms with van der Waals surface area (Å²) in [6.07, 6.45) is 6.21. The van der Waals surface area contributed by atoms with E-state index in [1.165, 1.54) is 25.3 Å². The van der Waals surface area contributed by atoms with Crippen LogP contribution >= 0.6 is 0 Å². The summed E-state index contributed by atoms with van der Waals surface area (Å²) in [4.78, 5) is 12.2. The average molecular weight is 342 g/mol. The van der Waals surface area contributed by atoms with E-state index in [0.29, 0.717) is 30.0 Å². The molecule has 132 valence electrons. The summed E-state index contributed by atoms with van der Waals surface area (Å²) in [5.41, 5.74) is 0.983. The summed E-state index contributed by atoms with van der Waals surface area (Å²) in [7, 11) is 0. The Bertz CT molecular complexity index is 699. The van der Waals surface area contributed by atoms with Gasteiger partial charge in [-0.3, -0.25) is 4.79 Å². The summed E-state index contributed by atoms with van der Waals surface area (Å²) in [6.45, 7) is 0.545. The summed E-state index contributed by atoms with van der Waals surface area (Å²) < 4.78 is 13.5. The Morgan fingerprint density at radius 3 is 2.60 bits per heavy atom. The van der Waals surface area contributed by atoms with Gasteiger partial charge in [0.1, 0.15) is 11.6 Å². The molecule has 1 saturated carbocycles. The number of nitrogens with one attached hydrogen (secondary N) is 2. The van der Waals surface area contributed by atoms with Crippen molar-refractivity contribution in [2.75, 3.05) is 11.9 Å². The Morgan fingerprint density at radius 1 is 1.08 bits per heavy atom. The highest BCUT2D eigenvalue weighted by atomic mass is 19.1. The number of amides is 1. The number of nitrogens with zero attached hydrogens (tertiary/aromatic N) is 2. The van der Waals surface area contributed by atoms with Gasteiger partial charge in [-0.2, -0.15) is 0 Å². The molecule has 0 aliphatic heterocycles. The van der Waals surface area contributed by atoms with Gasteiger partial charge in [0, 0.05) is 12.6 Å². The minimum absolute atomic E-state index is 0.169. The largest absolute Gasteiger partial charge is 0.368 e. The molecule has 0 unspecified atom stereocenters. The second-order valence-electron chi connectivity index (χ2n) is 6.38. The lowest BCUT2D eigenvalue weighted by molar-refractivity contribution is 0.0921. The second-order valence-corrected chi connectivity index (χ2v) is 6.38. The van der Waals surface area contributed by atoms with Crippen molar-refractivity contribution in [2.24, 2.45) is 0 Å². The molecule has 1 aliphatic rings. The Morgan fingerprint density at radius 2 is 1.88 bits per heavy atom. The van der Waals surface area contributed by atoms with Gasteiger partial charge in [0.25, 0.3) is 5.91 Å². The summed E-state index contributed by atoms with van der Waals surface area (Å²) >= 11 is 0. The van der Waals surface area contributed by atoms with Gasteiger partial charge in [0.2, 0.25) is 0 Å². The van der Waals surface area contributed by atoms with Gasteiger partial charge < -0.3 is 10.6 Å². The van der Waals surface area contributed by atoms with Crippen LogP contribution in [-0.2, 0) is 6.42 Å². The first-order valence-electron chi connectivity index (χ1n) is 8.84. The predicted octanol–water partition coefficient (Wildman–Crippen LogP) is 3.33. The number of hydrogen-bond donors (Lipinski definition) is 2. The fourth-order valence-electron chi connectivity index (χ4n) is 3.08. The van der Waals surface area contributed by atoms with Gasteiger partial charge in [0.15, 0.2) is 5.69 Å². The lowest BCUT2D eigenvalue weighted by atomic mass is 9.95. The number of benzene rings is 1. The minimum atomic E-state index is -0.204. The van der Waals surface area contributed by atoms with Gasteiger partial charge >= 0.3 is 0 Å². The molecule has 1 fully saturated rings. The monoisotopic (exact) mass is 342 g/mol. The molecule has 5 nitrogen and oxygen atoms in total. The molecule has 2 N–H and O–H groups in total. The zero-order valence-electron chi connectivity index (χ0n) is 14.2. The number of halogens is 1. The van der Waals surface area contributed by atoms with Gasteiger partial charge in [-0.25, -0.2) is 4.39 Å². The van der Waals surface area contributed by atoms with Crippen LogP contribution in [0, 0.1) is 5.82 Å². The number of carbonyl (C=O) groups is 1. The number of carbonyl (C=O) groups excluding carboxylic acids is 1. The maximum atomic E-state index is 13.5. The standard InChI is InChI=1S/C19H23FN4O/c20-16-9-5-4-6-14(16)12-13-21-18-11-10-17(23-24-18)19(25)22-15-7-2-1-3-8-15/h4-6,9-11,15H,1-3,7-8,12-13H2,(H,21,24)(H,22,25). The molecule has 1 aliphatic carbocycles. The molecule has 6 heteroatoms. The zero-order valence-corrected chi connectivity index (χ0v) is 14.2. The van der Waals surface area contributed by atoms with Crippen molar-refractivity contribution < 1.29 is 9.18 Å². The molecule has 0 saturated heterocycles. The summed E-state index contributed by atoms with van der Waals surface area (Å²) in [6, 6.07) is 10.4. The molecule has 1 amide bonds. The van der Waals surface area contributed by atoms with Gasteiger partial charge in [0.05, 0.1) is 0 Å². The second kappa shape index (κ2) is 8.55. The lowest BCUT2D eigenvalue weighted by Gasteiger charge is -2.22. The molecule has 3 rings (SSSR count). The smallest absolute Gasteiger partial charge is 0.272 e. The van der Waals surface area contributed by atoms with Crippen LogP contribution in [0.2, 0.25) is 0 Å². The first kappa shape index (κ1) is 17.3. The van der Waals surface area contributed by atoms with E-state index in [4.69, 9.17) is 0 Å². The molecule has 1 aromatic heterocycles. The fraction of sp³-hybridized carbons (Fsp3) is 0.421. The van der Waals surface area contributed by atoms with Gasteiger partial charge in [-0.15, -0.1) is 10.2 Å². The van der Waals surface area contributed by atoms with Crippen molar-refractivity contribution in [3.63, 3.8) is 0 Å². The highest BCUT2D eigenvalue weighted by molar-refractivity contribution is 5.92. The van der Waals surface area contributed by atoms with E-state index in [0.717, 1.165) is 12.8 Å². The topological polar surface area (TPSA) is 66.9 Å². The molecule has 2 aromatic rings. The third kappa shape index (κ3) is 4.98. The Balaban J connectivity index is 1.48. The van der Waals surface area contributed by atoms with Crippen LogP contribution in [0.25, 0.3) is 0 Å². The average Bonchev–Trinajstić information content (AvgIpc) is 2.65. The summed E-state index contributed by atoms with van der Waals surface area (Å²) in [5.74, 6) is 0.202. The Hall–Kier alpha value is -2.50. The molecular formula is C19H23FN4O. The number of anilines is 1. The molecular weight excluding hydrogens is 319 g/mol. The van der Waals surface area contributed by atoms with Crippen molar-refractivity contribution in [3.05, 3.63) is 53.5 Å². The van der Waals surface area contributed by atoms with Crippen LogP contribution < -0.4 is 10.6 Å². The van der Waals surface area contributed by atoms with E-state index in [2.05, 4.69) is 20.8 Å². The van der Waals surface area contributed by atoms with Crippen LogP contribution in [0.5, 0.6) is 0 Å². The van der Waals surface area contributed by atoms with Crippen molar-refractivity contribution in [3.8, 4) is 0 Å². The molecule has 0 atom stereocenters. The molecule has 25 heavy (non-hydrogen) atoms. The Kier molecular flexibility index (Phi) is 5.93. The van der Waals surface area contributed by atoms with Crippen molar-refractivity contribution in [1.29, 1.82) is 0 Å². The lowest BCUT2D eigenvalue weighted by Crippen LogP contribution is -2.36. The molecule has 1 heterocycles. The van der Waals surface area contributed by atoms with E-state index in [1.807, 2.05) is 6.07 Å². The van der Waals surface area contributed by atoms with E-state index in [1.54, 1.807) is 24.3 Å².